The summed E-state index contributed by atoms with van der Waals surface area (Å²) in [6.07, 6.45) is 4.11. The van der Waals surface area contributed by atoms with E-state index in [-0.39, 0.29) is 5.91 Å². The van der Waals surface area contributed by atoms with Crippen molar-refractivity contribution >= 4 is 17.6 Å². The molecule has 3 N–H and O–H groups in total. The van der Waals surface area contributed by atoms with E-state index < -0.39 is 0 Å². The molecule has 1 amide bonds. The van der Waals surface area contributed by atoms with E-state index in [1.54, 1.807) is 19.2 Å². The van der Waals surface area contributed by atoms with Gasteiger partial charge in [-0.05, 0) is 48.6 Å². The minimum Gasteiger partial charge on any atom is -0.459 e. The van der Waals surface area contributed by atoms with E-state index in [1.165, 1.54) is 19.1 Å². The fourth-order valence-electron chi connectivity index (χ4n) is 2.28. The van der Waals surface area contributed by atoms with Crippen molar-refractivity contribution in [3.8, 4) is 0 Å². The number of carbonyl (C=O) groups excluding carboxylic acids is 1. The fraction of sp³-hybridized carbons (Fsp3) is 0.333. The molecule has 126 valence electrons. The van der Waals surface area contributed by atoms with Crippen molar-refractivity contribution in [2.45, 2.75) is 19.4 Å². The molecule has 1 aromatic heterocycles. The molecule has 0 spiro atoms. The molecule has 6 heteroatoms. The lowest BCUT2D eigenvalue weighted by Gasteiger charge is -2.12. The molecule has 0 radical (unpaired) electrons. The molecule has 3 rings (SSSR count). The van der Waals surface area contributed by atoms with Gasteiger partial charge in [-0.25, -0.2) is 0 Å². The quantitative estimate of drug-likeness (QED) is 0.563. The number of aliphatic imine (C=N–C) groups is 1. The summed E-state index contributed by atoms with van der Waals surface area (Å²) in [4.78, 5) is 16.1. The molecule has 2 aromatic rings. The third kappa shape index (κ3) is 4.62. The van der Waals surface area contributed by atoms with Gasteiger partial charge in [0.15, 0.2) is 11.7 Å². The number of hydrogen-bond donors (Lipinski definition) is 3. The summed E-state index contributed by atoms with van der Waals surface area (Å²) >= 11 is 0. The summed E-state index contributed by atoms with van der Waals surface area (Å²) in [5.41, 5.74) is 1.84. The highest BCUT2D eigenvalue weighted by atomic mass is 16.3. The Balaban J connectivity index is 1.47. The highest BCUT2D eigenvalue weighted by Gasteiger charge is 2.20. The molecule has 1 aliphatic carbocycles. The molecule has 1 heterocycles. The van der Waals surface area contributed by atoms with Crippen LogP contribution in [0.5, 0.6) is 0 Å². The van der Waals surface area contributed by atoms with Gasteiger partial charge in [0.05, 0.1) is 6.26 Å². The van der Waals surface area contributed by atoms with Gasteiger partial charge in [0, 0.05) is 25.8 Å². The zero-order chi connectivity index (χ0) is 16.8. The zero-order valence-corrected chi connectivity index (χ0v) is 13.7. The molecule has 0 bridgehead atoms. The number of nitrogens with zero attached hydrogens (tertiary/aromatic N) is 1. The van der Waals surface area contributed by atoms with Crippen LogP contribution in [0.3, 0.4) is 0 Å². The van der Waals surface area contributed by atoms with Crippen molar-refractivity contribution < 1.29 is 9.21 Å². The first-order valence-corrected chi connectivity index (χ1v) is 8.13. The first-order valence-electron chi connectivity index (χ1n) is 8.13. The minimum atomic E-state index is -0.254. The standard InChI is InChI=1S/C18H22N4O2/c1-19-18(20-11-13-4-5-13)21-12-14-6-8-15(9-7-14)22-17(23)16-3-2-10-24-16/h2-3,6-10,13H,4-5,11-12H2,1H3,(H,22,23)(H2,19,20,21). The van der Waals surface area contributed by atoms with Crippen LogP contribution in [0.4, 0.5) is 5.69 Å². The van der Waals surface area contributed by atoms with Gasteiger partial charge < -0.3 is 20.4 Å². The minimum absolute atomic E-state index is 0.254. The molecule has 1 fully saturated rings. The molecule has 0 aliphatic heterocycles. The summed E-state index contributed by atoms with van der Waals surface area (Å²) in [5, 5.41) is 9.41. The number of anilines is 1. The SMILES string of the molecule is CN=C(NCc1ccc(NC(=O)c2ccco2)cc1)NCC1CC1. The van der Waals surface area contributed by atoms with E-state index in [2.05, 4.69) is 20.9 Å². The Labute approximate surface area is 141 Å². The lowest BCUT2D eigenvalue weighted by Crippen LogP contribution is -2.37. The molecule has 1 aliphatic rings. The smallest absolute Gasteiger partial charge is 0.291 e. The van der Waals surface area contributed by atoms with Gasteiger partial charge in [0.25, 0.3) is 5.91 Å². The Bertz CT molecular complexity index is 688. The van der Waals surface area contributed by atoms with Crippen molar-refractivity contribution in [2.75, 3.05) is 18.9 Å². The van der Waals surface area contributed by atoms with E-state index in [9.17, 15) is 4.79 Å². The molecular formula is C18H22N4O2. The summed E-state index contributed by atoms with van der Waals surface area (Å²) in [7, 11) is 1.77. The number of rotatable bonds is 6. The number of guanidine groups is 1. The molecule has 24 heavy (non-hydrogen) atoms. The van der Waals surface area contributed by atoms with Crippen molar-refractivity contribution in [3.63, 3.8) is 0 Å². The van der Waals surface area contributed by atoms with Crippen molar-refractivity contribution in [2.24, 2.45) is 10.9 Å². The molecule has 0 unspecified atom stereocenters. The van der Waals surface area contributed by atoms with E-state index in [4.69, 9.17) is 4.42 Å². The van der Waals surface area contributed by atoms with Crippen LogP contribution >= 0.6 is 0 Å². The second-order valence-electron chi connectivity index (χ2n) is 5.88. The zero-order valence-electron chi connectivity index (χ0n) is 13.7. The predicted octanol–water partition coefficient (Wildman–Crippen LogP) is 2.61. The van der Waals surface area contributed by atoms with Crippen molar-refractivity contribution in [1.29, 1.82) is 0 Å². The van der Waals surface area contributed by atoms with Gasteiger partial charge in [-0.1, -0.05) is 12.1 Å². The Hall–Kier alpha value is -2.76. The van der Waals surface area contributed by atoms with Crippen LogP contribution in [0.1, 0.15) is 29.0 Å². The van der Waals surface area contributed by atoms with Gasteiger partial charge in [-0.2, -0.15) is 0 Å². The van der Waals surface area contributed by atoms with Crippen LogP contribution in [0, 0.1) is 5.92 Å². The summed E-state index contributed by atoms with van der Waals surface area (Å²) < 4.78 is 5.07. The second kappa shape index (κ2) is 7.68. The first kappa shape index (κ1) is 16.1. The van der Waals surface area contributed by atoms with Gasteiger partial charge in [-0.3, -0.25) is 9.79 Å². The second-order valence-corrected chi connectivity index (χ2v) is 5.88. The summed E-state index contributed by atoms with van der Waals surface area (Å²) in [6, 6.07) is 11.0. The van der Waals surface area contributed by atoms with Crippen LogP contribution in [-0.4, -0.2) is 25.5 Å². The highest BCUT2D eigenvalue weighted by Crippen LogP contribution is 2.27. The third-order valence-corrected chi connectivity index (χ3v) is 3.90. The van der Waals surface area contributed by atoms with Gasteiger partial charge in [0.2, 0.25) is 0 Å². The van der Waals surface area contributed by atoms with Crippen LogP contribution in [0.15, 0.2) is 52.1 Å². The molecule has 0 saturated heterocycles. The van der Waals surface area contributed by atoms with Gasteiger partial charge in [0.1, 0.15) is 0 Å². The molecule has 6 nitrogen and oxygen atoms in total. The number of nitrogens with one attached hydrogen (secondary N) is 3. The van der Waals surface area contributed by atoms with E-state index in [0.717, 1.165) is 29.7 Å². The lowest BCUT2D eigenvalue weighted by atomic mass is 10.2. The maximum atomic E-state index is 11.9. The Morgan fingerprint density at radius 3 is 2.62 bits per heavy atom. The number of amides is 1. The normalized spacial score (nSPS) is 14.3. The Morgan fingerprint density at radius 2 is 2.00 bits per heavy atom. The molecular weight excluding hydrogens is 304 g/mol. The van der Waals surface area contributed by atoms with Crippen LogP contribution < -0.4 is 16.0 Å². The first-order chi connectivity index (χ1) is 11.7. The Kier molecular flexibility index (Phi) is 5.15. The van der Waals surface area contributed by atoms with Crippen molar-refractivity contribution in [3.05, 3.63) is 54.0 Å². The fourth-order valence-corrected chi connectivity index (χ4v) is 2.28. The van der Waals surface area contributed by atoms with Gasteiger partial charge in [-0.15, -0.1) is 0 Å². The average Bonchev–Trinajstić information content (AvgIpc) is 3.26. The monoisotopic (exact) mass is 326 g/mol. The molecule has 1 aromatic carbocycles. The number of hydrogen-bond acceptors (Lipinski definition) is 3. The Morgan fingerprint density at radius 1 is 1.21 bits per heavy atom. The average molecular weight is 326 g/mol. The third-order valence-electron chi connectivity index (χ3n) is 3.90. The number of benzene rings is 1. The van der Waals surface area contributed by atoms with Crippen LogP contribution in [-0.2, 0) is 6.54 Å². The van der Waals surface area contributed by atoms with Gasteiger partial charge >= 0.3 is 0 Å². The summed E-state index contributed by atoms with van der Waals surface area (Å²) in [5.74, 6) is 1.67. The maximum absolute atomic E-state index is 11.9. The van der Waals surface area contributed by atoms with Crippen molar-refractivity contribution in [1.82, 2.24) is 10.6 Å². The number of furan rings is 1. The predicted molar refractivity (Wildman–Crippen MR) is 94.0 cm³/mol. The highest BCUT2D eigenvalue weighted by molar-refractivity contribution is 6.02. The van der Waals surface area contributed by atoms with E-state index in [0.29, 0.717) is 12.3 Å². The molecule has 1 saturated carbocycles. The summed E-state index contributed by atoms with van der Waals surface area (Å²) in [6.45, 7) is 1.66. The van der Waals surface area contributed by atoms with E-state index >= 15 is 0 Å². The lowest BCUT2D eigenvalue weighted by molar-refractivity contribution is 0.0996. The van der Waals surface area contributed by atoms with Crippen LogP contribution in [0.2, 0.25) is 0 Å². The molecule has 0 atom stereocenters. The topological polar surface area (TPSA) is 78.7 Å². The van der Waals surface area contributed by atoms with Crippen LogP contribution in [0.25, 0.3) is 0 Å². The van der Waals surface area contributed by atoms with E-state index in [1.807, 2.05) is 24.3 Å². The maximum Gasteiger partial charge on any atom is 0.291 e. The largest absolute Gasteiger partial charge is 0.459 e. The number of carbonyl (C=O) groups is 1.